The van der Waals surface area contributed by atoms with Crippen molar-refractivity contribution in [2.24, 2.45) is 10.9 Å². The van der Waals surface area contributed by atoms with Crippen molar-refractivity contribution < 1.29 is 10.0 Å². The molecule has 1 aliphatic carbocycles. The lowest BCUT2D eigenvalue weighted by Crippen LogP contribution is -2.39. The third-order valence-electron chi connectivity index (χ3n) is 4.04. The summed E-state index contributed by atoms with van der Waals surface area (Å²) in [4.78, 5) is 14.5. The van der Waals surface area contributed by atoms with Gasteiger partial charge in [-0.1, -0.05) is 12.8 Å². The van der Waals surface area contributed by atoms with Crippen molar-refractivity contribution in [2.75, 3.05) is 6.54 Å². The van der Waals surface area contributed by atoms with Gasteiger partial charge in [0.2, 0.25) is 0 Å². The highest BCUT2D eigenvalue weighted by Crippen LogP contribution is 2.33. The molecule has 0 saturated heterocycles. The van der Waals surface area contributed by atoms with Gasteiger partial charge in [-0.3, -0.25) is 15.1 Å². The lowest BCUT2D eigenvalue weighted by atomic mass is 9.77. The molecule has 20 heavy (non-hydrogen) atoms. The largest absolute Gasteiger partial charge is 0.390 e. The van der Waals surface area contributed by atoms with Gasteiger partial charge in [0.15, 0.2) is 0 Å². The fraction of sp³-hybridized carbons (Fsp3) is 0.533. The highest BCUT2D eigenvalue weighted by atomic mass is 16.6. The van der Waals surface area contributed by atoms with Crippen molar-refractivity contribution in [3.63, 3.8) is 0 Å². The molecule has 0 bridgehead atoms. The number of aliphatic imine (C=N–C) groups is 1. The topological polar surface area (TPSA) is 75.7 Å². The van der Waals surface area contributed by atoms with Gasteiger partial charge >= 0.3 is 0 Å². The summed E-state index contributed by atoms with van der Waals surface area (Å²) >= 11 is 0. The van der Waals surface area contributed by atoms with E-state index in [0.717, 1.165) is 31.2 Å². The minimum absolute atomic E-state index is 0.0809. The van der Waals surface area contributed by atoms with Gasteiger partial charge in [0.05, 0.1) is 10.5 Å². The standard InChI is InChI=1S/C15H20N2O3/c1-15(18)9-3-2-4-13(15)11-16-10-12-5-7-14(8-6-12)17(19)20/h5-8,10,13,18H,2-4,9,11H2,1H3/t13-,15-/m0/s1. The monoisotopic (exact) mass is 276 g/mol. The Morgan fingerprint density at radius 3 is 2.75 bits per heavy atom. The lowest BCUT2D eigenvalue weighted by Gasteiger charge is -2.36. The van der Waals surface area contributed by atoms with Crippen molar-refractivity contribution in [3.8, 4) is 0 Å². The van der Waals surface area contributed by atoms with Crippen molar-refractivity contribution in [1.29, 1.82) is 0 Å². The number of hydrogen-bond donors (Lipinski definition) is 1. The normalized spacial score (nSPS) is 26.8. The SMILES string of the molecule is C[C@]1(O)CCCC[C@H]1CN=Cc1ccc([N+](=O)[O-])cc1. The molecule has 2 rings (SSSR count). The van der Waals surface area contributed by atoms with Crippen LogP contribution in [0.5, 0.6) is 0 Å². The van der Waals surface area contributed by atoms with Crippen LogP contribution in [-0.2, 0) is 0 Å². The molecule has 0 amide bonds. The van der Waals surface area contributed by atoms with Crippen LogP contribution < -0.4 is 0 Å². The fourth-order valence-electron chi connectivity index (χ4n) is 2.64. The van der Waals surface area contributed by atoms with Gasteiger partial charge in [-0.15, -0.1) is 0 Å². The zero-order chi connectivity index (χ0) is 14.6. The molecule has 108 valence electrons. The second-order valence-electron chi connectivity index (χ2n) is 5.64. The van der Waals surface area contributed by atoms with Crippen LogP contribution in [0, 0.1) is 16.0 Å². The first-order valence-electron chi connectivity index (χ1n) is 6.96. The van der Waals surface area contributed by atoms with Crippen LogP contribution in [-0.4, -0.2) is 28.4 Å². The summed E-state index contributed by atoms with van der Waals surface area (Å²) in [5, 5.41) is 20.8. The Kier molecular flexibility index (Phi) is 4.49. The number of non-ortho nitro benzene ring substituents is 1. The first-order valence-corrected chi connectivity index (χ1v) is 6.96. The Hall–Kier alpha value is -1.75. The second kappa shape index (κ2) is 6.13. The van der Waals surface area contributed by atoms with Crippen molar-refractivity contribution >= 4 is 11.9 Å². The first-order chi connectivity index (χ1) is 9.49. The van der Waals surface area contributed by atoms with E-state index in [-0.39, 0.29) is 11.6 Å². The first kappa shape index (κ1) is 14.7. The minimum Gasteiger partial charge on any atom is -0.390 e. The van der Waals surface area contributed by atoms with Crippen LogP contribution in [0.1, 0.15) is 38.2 Å². The van der Waals surface area contributed by atoms with Crippen LogP contribution in [0.2, 0.25) is 0 Å². The number of nitrogens with zero attached hydrogens (tertiary/aromatic N) is 2. The van der Waals surface area contributed by atoms with Gasteiger partial charge in [-0.05, 0) is 37.5 Å². The summed E-state index contributed by atoms with van der Waals surface area (Å²) in [6.07, 6.45) is 5.78. The number of nitro groups is 1. The van der Waals surface area contributed by atoms with Crippen molar-refractivity contribution in [2.45, 2.75) is 38.2 Å². The summed E-state index contributed by atoms with van der Waals surface area (Å²) < 4.78 is 0. The molecule has 0 spiro atoms. The van der Waals surface area contributed by atoms with E-state index >= 15 is 0 Å². The van der Waals surface area contributed by atoms with Gasteiger partial charge in [0.1, 0.15) is 0 Å². The third kappa shape index (κ3) is 3.63. The van der Waals surface area contributed by atoms with E-state index in [1.807, 2.05) is 6.92 Å². The van der Waals surface area contributed by atoms with E-state index in [1.54, 1.807) is 18.3 Å². The Bertz CT molecular complexity index is 494. The smallest absolute Gasteiger partial charge is 0.269 e. The summed E-state index contributed by atoms with van der Waals surface area (Å²) in [7, 11) is 0. The molecular weight excluding hydrogens is 256 g/mol. The maximum atomic E-state index is 10.5. The van der Waals surface area contributed by atoms with Crippen molar-refractivity contribution in [1.82, 2.24) is 0 Å². The van der Waals surface area contributed by atoms with Gasteiger partial charge in [-0.2, -0.15) is 0 Å². The maximum absolute atomic E-state index is 10.5. The van der Waals surface area contributed by atoms with Crippen molar-refractivity contribution in [3.05, 3.63) is 39.9 Å². The molecule has 0 radical (unpaired) electrons. The molecule has 1 aromatic carbocycles. The fourth-order valence-corrected chi connectivity index (χ4v) is 2.64. The average molecular weight is 276 g/mol. The molecule has 1 N–H and O–H groups in total. The molecule has 5 nitrogen and oxygen atoms in total. The molecule has 1 saturated carbocycles. The second-order valence-corrected chi connectivity index (χ2v) is 5.64. The predicted octanol–water partition coefficient (Wildman–Crippen LogP) is 2.95. The quantitative estimate of drug-likeness (QED) is 0.522. The van der Waals surface area contributed by atoms with E-state index in [1.165, 1.54) is 12.1 Å². The lowest BCUT2D eigenvalue weighted by molar-refractivity contribution is -0.384. The molecule has 1 fully saturated rings. The Morgan fingerprint density at radius 1 is 1.45 bits per heavy atom. The number of hydrogen-bond acceptors (Lipinski definition) is 4. The highest BCUT2D eigenvalue weighted by molar-refractivity contribution is 5.79. The predicted molar refractivity (Wildman–Crippen MR) is 78.1 cm³/mol. The number of aliphatic hydroxyl groups is 1. The Balaban J connectivity index is 1.94. The molecule has 1 aromatic rings. The Labute approximate surface area is 118 Å². The van der Waals surface area contributed by atoms with E-state index in [4.69, 9.17) is 0 Å². The van der Waals surface area contributed by atoms with Crippen LogP contribution >= 0.6 is 0 Å². The van der Waals surface area contributed by atoms with Gasteiger partial charge < -0.3 is 5.11 Å². The van der Waals surface area contributed by atoms with Gasteiger partial charge in [-0.25, -0.2) is 0 Å². The molecule has 5 heteroatoms. The minimum atomic E-state index is -0.620. The molecule has 0 aromatic heterocycles. The van der Waals surface area contributed by atoms with Crippen LogP contribution in [0.3, 0.4) is 0 Å². The van der Waals surface area contributed by atoms with Crippen LogP contribution in [0.4, 0.5) is 5.69 Å². The highest BCUT2D eigenvalue weighted by Gasteiger charge is 2.33. The number of nitro benzene ring substituents is 1. The van der Waals surface area contributed by atoms with Crippen LogP contribution in [0.25, 0.3) is 0 Å². The van der Waals surface area contributed by atoms with E-state index in [2.05, 4.69) is 4.99 Å². The molecular formula is C15H20N2O3. The average Bonchev–Trinajstić information content (AvgIpc) is 2.41. The van der Waals surface area contributed by atoms with Gasteiger partial charge in [0.25, 0.3) is 5.69 Å². The van der Waals surface area contributed by atoms with E-state index < -0.39 is 10.5 Å². The Morgan fingerprint density at radius 2 is 2.15 bits per heavy atom. The summed E-state index contributed by atoms with van der Waals surface area (Å²) in [5.41, 5.74) is 0.300. The maximum Gasteiger partial charge on any atom is 0.269 e. The summed E-state index contributed by atoms with van der Waals surface area (Å²) in [6.45, 7) is 2.49. The van der Waals surface area contributed by atoms with Crippen LogP contribution in [0.15, 0.2) is 29.3 Å². The molecule has 0 unspecified atom stereocenters. The molecule has 1 aliphatic rings. The molecule has 2 atom stereocenters. The van der Waals surface area contributed by atoms with E-state index in [0.29, 0.717) is 6.54 Å². The number of benzene rings is 1. The molecule has 0 heterocycles. The molecule has 0 aliphatic heterocycles. The third-order valence-corrected chi connectivity index (χ3v) is 4.04. The summed E-state index contributed by atoms with van der Waals surface area (Å²) in [5.74, 6) is 0.200. The summed E-state index contributed by atoms with van der Waals surface area (Å²) in [6, 6.07) is 6.30. The zero-order valence-electron chi connectivity index (χ0n) is 11.7. The number of rotatable bonds is 4. The zero-order valence-corrected chi connectivity index (χ0v) is 11.7. The van der Waals surface area contributed by atoms with Gasteiger partial charge in [0, 0.05) is 30.8 Å². The van der Waals surface area contributed by atoms with E-state index in [9.17, 15) is 15.2 Å².